The third-order valence-corrected chi connectivity index (χ3v) is 3.39. The summed E-state index contributed by atoms with van der Waals surface area (Å²) in [5.74, 6) is 0.488. The van der Waals surface area contributed by atoms with Gasteiger partial charge >= 0.3 is 0 Å². The van der Waals surface area contributed by atoms with Crippen LogP contribution in [0.25, 0.3) is 0 Å². The Bertz CT molecular complexity index is 401. The van der Waals surface area contributed by atoms with E-state index in [9.17, 15) is 4.79 Å². The molecule has 2 rings (SSSR count). The van der Waals surface area contributed by atoms with E-state index in [0.717, 1.165) is 19.3 Å². The van der Waals surface area contributed by atoms with E-state index in [-0.39, 0.29) is 11.1 Å². The van der Waals surface area contributed by atoms with Crippen molar-refractivity contribution in [3.63, 3.8) is 0 Å². The zero-order valence-corrected chi connectivity index (χ0v) is 9.29. The van der Waals surface area contributed by atoms with Gasteiger partial charge in [0.05, 0.1) is 0 Å². The van der Waals surface area contributed by atoms with Gasteiger partial charge in [0.15, 0.2) is 5.82 Å². The molecule has 1 N–H and O–H groups in total. The normalized spacial score (nSPS) is 18.3. The first-order valence-electron chi connectivity index (χ1n) is 5.47. The number of hydrogen-bond donors (Lipinski definition) is 1. The van der Waals surface area contributed by atoms with Crippen molar-refractivity contribution in [3.05, 3.63) is 22.7 Å². The summed E-state index contributed by atoms with van der Waals surface area (Å²) in [4.78, 5) is 15.8. The predicted molar refractivity (Wildman–Crippen MR) is 60.0 cm³/mol. The van der Waals surface area contributed by atoms with E-state index in [1.54, 1.807) is 24.0 Å². The number of anilines is 1. The highest BCUT2D eigenvalue weighted by atomic mass is 16.1. The zero-order chi connectivity index (χ0) is 10.9. The first kappa shape index (κ1) is 10.2. The van der Waals surface area contributed by atoms with Crippen LogP contribution in [0, 0.1) is 0 Å². The molecule has 15 heavy (non-hydrogen) atoms. The third kappa shape index (κ3) is 1.76. The lowest BCUT2D eigenvalue weighted by Crippen LogP contribution is -2.46. The fourth-order valence-corrected chi connectivity index (χ4v) is 2.01. The molecule has 0 unspecified atom stereocenters. The largest absolute Gasteiger partial charge is 0.360 e. The SMILES string of the molecule is CCC1(Nc2nccn(C)c2=O)CCC1. The van der Waals surface area contributed by atoms with Gasteiger partial charge in [0.25, 0.3) is 5.56 Å². The number of aromatic nitrogens is 2. The minimum absolute atomic E-state index is 0.0442. The summed E-state index contributed by atoms with van der Waals surface area (Å²) in [6, 6.07) is 0. The van der Waals surface area contributed by atoms with E-state index < -0.39 is 0 Å². The van der Waals surface area contributed by atoms with E-state index >= 15 is 0 Å². The lowest BCUT2D eigenvalue weighted by atomic mass is 9.75. The summed E-state index contributed by atoms with van der Waals surface area (Å²) in [5.41, 5.74) is 0.0813. The molecule has 1 aliphatic rings. The molecule has 1 aromatic heterocycles. The average molecular weight is 207 g/mol. The lowest BCUT2D eigenvalue weighted by molar-refractivity contribution is 0.268. The van der Waals surface area contributed by atoms with E-state index in [4.69, 9.17) is 0 Å². The standard InChI is InChI=1S/C11H17N3O/c1-3-11(5-4-6-11)13-9-10(15)14(2)8-7-12-9/h7-8H,3-6H2,1-2H3,(H,12,13). The minimum Gasteiger partial charge on any atom is -0.360 e. The second kappa shape index (κ2) is 3.68. The van der Waals surface area contributed by atoms with Gasteiger partial charge in [-0.2, -0.15) is 0 Å². The first-order chi connectivity index (χ1) is 7.17. The van der Waals surface area contributed by atoms with Crippen molar-refractivity contribution in [2.45, 2.75) is 38.1 Å². The van der Waals surface area contributed by atoms with Gasteiger partial charge in [-0.25, -0.2) is 4.98 Å². The fraction of sp³-hybridized carbons (Fsp3) is 0.636. The topological polar surface area (TPSA) is 46.9 Å². The van der Waals surface area contributed by atoms with Crippen molar-refractivity contribution in [1.82, 2.24) is 9.55 Å². The van der Waals surface area contributed by atoms with Gasteiger partial charge in [-0.15, -0.1) is 0 Å². The van der Waals surface area contributed by atoms with Crippen LogP contribution in [0.2, 0.25) is 0 Å². The van der Waals surface area contributed by atoms with Gasteiger partial charge in [0.1, 0.15) is 0 Å². The maximum Gasteiger partial charge on any atom is 0.293 e. The molecule has 1 saturated carbocycles. The monoisotopic (exact) mass is 207 g/mol. The molecular weight excluding hydrogens is 190 g/mol. The molecule has 82 valence electrons. The fourth-order valence-electron chi connectivity index (χ4n) is 2.01. The Morgan fingerprint density at radius 1 is 1.60 bits per heavy atom. The van der Waals surface area contributed by atoms with Crippen molar-refractivity contribution in [2.24, 2.45) is 7.05 Å². The summed E-state index contributed by atoms with van der Waals surface area (Å²) in [6.07, 6.45) is 7.91. The highest BCUT2D eigenvalue weighted by Crippen LogP contribution is 2.36. The number of nitrogens with one attached hydrogen (secondary N) is 1. The van der Waals surface area contributed by atoms with Crippen molar-refractivity contribution in [1.29, 1.82) is 0 Å². The van der Waals surface area contributed by atoms with Gasteiger partial charge in [-0.05, 0) is 25.7 Å². The zero-order valence-electron chi connectivity index (χ0n) is 9.29. The van der Waals surface area contributed by atoms with Crippen LogP contribution in [-0.2, 0) is 7.05 Å². The molecule has 1 aliphatic carbocycles. The van der Waals surface area contributed by atoms with Crippen LogP contribution in [0.4, 0.5) is 5.82 Å². The molecular formula is C11H17N3O. The Balaban J connectivity index is 2.24. The van der Waals surface area contributed by atoms with Crippen LogP contribution in [0.5, 0.6) is 0 Å². The predicted octanol–water partition coefficient (Wildman–Crippen LogP) is 1.52. The molecule has 0 aliphatic heterocycles. The molecule has 1 fully saturated rings. The van der Waals surface area contributed by atoms with Crippen LogP contribution in [0.1, 0.15) is 32.6 Å². The summed E-state index contributed by atoms with van der Waals surface area (Å²) >= 11 is 0. The molecule has 0 spiro atoms. The molecule has 4 nitrogen and oxygen atoms in total. The quantitative estimate of drug-likeness (QED) is 0.817. The van der Waals surface area contributed by atoms with Gasteiger partial charge in [0, 0.05) is 25.0 Å². The van der Waals surface area contributed by atoms with Crippen LogP contribution < -0.4 is 10.9 Å². The van der Waals surface area contributed by atoms with Gasteiger partial charge in [-0.3, -0.25) is 4.79 Å². The van der Waals surface area contributed by atoms with Crippen molar-refractivity contribution < 1.29 is 0 Å². The van der Waals surface area contributed by atoms with Gasteiger partial charge < -0.3 is 9.88 Å². The molecule has 4 heteroatoms. The summed E-state index contributed by atoms with van der Waals surface area (Å²) in [5, 5.41) is 3.31. The van der Waals surface area contributed by atoms with E-state index in [0.29, 0.717) is 5.82 Å². The summed E-state index contributed by atoms with van der Waals surface area (Å²) < 4.78 is 1.55. The molecule has 1 heterocycles. The molecule has 0 atom stereocenters. The Morgan fingerprint density at radius 2 is 2.33 bits per heavy atom. The average Bonchev–Trinajstić information content (AvgIpc) is 2.18. The smallest absolute Gasteiger partial charge is 0.293 e. The van der Waals surface area contributed by atoms with Crippen molar-refractivity contribution in [3.8, 4) is 0 Å². The van der Waals surface area contributed by atoms with Crippen molar-refractivity contribution in [2.75, 3.05) is 5.32 Å². The molecule has 1 aromatic rings. The molecule has 0 aromatic carbocycles. The van der Waals surface area contributed by atoms with Crippen molar-refractivity contribution >= 4 is 5.82 Å². The van der Waals surface area contributed by atoms with E-state index in [1.807, 2.05) is 0 Å². The highest BCUT2D eigenvalue weighted by molar-refractivity contribution is 5.36. The van der Waals surface area contributed by atoms with Crippen LogP contribution in [0.3, 0.4) is 0 Å². The van der Waals surface area contributed by atoms with Crippen LogP contribution in [-0.4, -0.2) is 15.1 Å². The Labute approximate surface area is 89.3 Å². The number of hydrogen-bond acceptors (Lipinski definition) is 3. The van der Waals surface area contributed by atoms with Gasteiger partial charge in [0.2, 0.25) is 0 Å². The lowest BCUT2D eigenvalue weighted by Gasteiger charge is -2.42. The van der Waals surface area contributed by atoms with E-state index in [1.165, 1.54) is 6.42 Å². The Kier molecular flexibility index (Phi) is 2.50. The third-order valence-electron chi connectivity index (χ3n) is 3.39. The first-order valence-corrected chi connectivity index (χ1v) is 5.47. The second-order valence-electron chi connectivity index (χ2n) is 4.30. The summed E-state index contributed by atoms with van der Waals surface area (Å²) in [7, 11) is 1.74. The number of rotatable bonds is 3. The molecule has 0 radical (unpaired) electrons. The minimum atomic E-state index is -0.0442. The van der Waals surface area contributed by atoms with Crippen LogP contribution >= 0.6 is 0 Å². The van der Waals surface area contributed by atoms with Crippen LogP contribution in [0.15, 0.2) is 17.2 Å². The number of nitrogens with zero attached hydrogens (tertiary/aromatic N) is 2. The highest BCUT2D eigenvalue weighted by Gasteiger charge is 2.35. The second-order valence-corrected chi connectivity index (χ2v) is 4.30. The molecule has 0 bridgehead atoms. The molecule has 0 amide bonds. The summed E-state index contributed by atoms with van der Waals surface area (Å²) in [6.45, 7) is 2.15. The van der Waals surface area contributed by atoms with E-state index in [2.05, 4.69) is 17.2 Å². The van der Waals surface area contributed by atoms with Gasteiger partial charge in [-0.1, -0.05) is 6.92 Å². The maximum atomic E-state index is 11.7. The Morgan fingerprint density at radius 3 is 2.87 bits per heavy atom. The Hall–Kier alpha value is -1.32. The maximum absolute atomic E-state index is 11.7. The molecule has 0 saturated heterocycles. The number of aryl methyl sites for hydroxylation is 1.